The van der Waals surface area contributed by atoms with Crippen molar-refractivity contribution in [1.82, 2.24) is 4.98 Å². The monoisotopic (exact) mass is 421 g/mol. The Hall–Kier alpha value is -2.85. The van der Waals surface area contributed by atoms with Gasteiger partial charge in [0.15, 0.2) is 16.8 Å². The first-order valence-corrected chi connectivity index (χ1v) is 9.72. The summed E-state index contributed by atoms with van der Waals surface area (Å²) >= 11 is 2.42. The Bertz CT molecular complexity index is 1030. The highest BCUT2D eigenvalue weighted by Gasteiger charge is 2.17. The summed E-state index contributed by atoms with van der Waals surface area (Å²) < 4.78 is 26.4. The average Bonchev–Trinajstić information content (AvgIpc) is 3.12. The predicted molar refractivity (Wildman–Crippen MR) is 105 cm³/mol. The van der Waals surface area contributed by atoms with Gasteiger partial charge in [0, 0.05) is 28.0 Å². The quantitative estimate of drug-likeness (QED) is 0.339. The van der Waals surface area contributed by atoms with Gasteiger partial charge < -0.3 is 5.32 Å². The van der Waals surface area contributed by atoms with Crippen LogP contribution in [-0.2, 0) is 4.79 Å². The number of nitro benzene ring substituents is 1. The summed E-state index contributed by atoms with van der Waals surface area (Å²) in [4.78, 5) is 27.5. The lowest BCUT2D eigenvalue weighted by Crippen LogP contribution is -2.22. The number of hydrogen-bond acceptors (Lipinski definition) is 6. The number of amides is 1. The van der Waals surface area contributed by atoms with Gasteiger partial charge >= 0.3 is 0 Å². The highest BCUT2D eigenvalue weighted by atomic mass is 32.2. The maximum Gasteiger partial charge on any atom is 0.269 e. The number of hydrogen-bond donors (Lipinski definition) is 1. The fourth-order valence-electron chi connectivity index (χ4n) is 2.23. The molecule has 144 valence electrons. The zero-order chi connectivity index (χ0) is 20.3. The third-order valence-electron chi connectivity index (χ3n) is 3.68. The molecule has 0 fully saturated rings. The van der Waals surface area contributed by atoms with Gasteiger partial charge in [0.25, 0.3) is 5.69 Å². The van der Waals surface area contributed by atoms with E-state index in [1.807, 2.05) is 0 Å². The van der Waals surface area contributed by atoms with Gasteiger partial charge in [-0.15, -0.1) is 23.1 Å². The third kappa shape index (κ3) is 4.70. The molecular weight excluding hydrogens is 408 g/mol. The largest absolute Gasteiger partial charge is 0.301 e. The molecule has 1 unspecified atom stereocenters. The average molecular weight is 421 g/mol. The summed E-state index contributed by atoms with van der Waals surface area (Å²) in [6.45, 7) is 1.70. The molecular formula is C18H13F2N3O3S2. The van der Waals surface area contributed by atoms with Gasteiger partial charge in [0.2, 0.25) is 5.91 Å². The van der Waals surface area contributed by atoms with Crippen LogP contribution in [0.5, 0.6) is 0 Å². The maximum atomic E-state index is 13.4. The minimum atomic E-state index is -0.968. The molecule has 0 aliphatic carbocycles. The highest BCUT2D eigenvalue weighted by molar-refractivity contribution is 8.00. The van der Waals surface area contributed by atoms with E-state index in [1.165, 1.54) is 41.3 Å². The summed E-state index contributed by atoms with van der Waals surface area (Å²) in [5.74, 6) is -2.21. The fourth-order valence-corrected chi connectivity index (χ4v) is 3.82. The standard InChI is InChI=1S/C18H13F2N3O3S2/c1-10(28-13-5-3-12(4-6-13)23(25)26)17(24)22-18-21-16(9-27-18)11-2-7-14(19)15(20)8-11/h2-10H,1H3,(H,21,22,24). The summed E-state index contributed by atoms with van der Waals surface area (Å²) in [5, 5.41) is 14.8. The van der Waals surface area contributed by atoms with E-state index < -0.39 is 21.8 Å². The van der Waals surface area contributed by atoms with Gasteiger partial charge in [-0.1, -0.05) is 0 Å². The second-order valence-electron chi connectivity index (χ2n) is 5.67. The smallest absolute Gasteiger partial charge is 0.269 e. The van der Waals surface area contributed by atoms with Crippen LogP contribution in [0.15, 0.2) is 52.7 Å². The van der Waals surface area contributed by atoms with Gasteiger partial charge in [-0.3, -0.25) is 14.9 Å². The van der Waals surface area contributed by atoms with Crippen LogP contribution in [0.4, 0.5) is 19.6 Å². The molecule has 10 heteroatoms. The minimum absolute atomic E-state index is 0.0194. The number of non-ortho nitro benzene ring substituents is 1. The number of nitro groups is 1. The van der Waals surface area contributed by atoms with Crippen LogP contribution >= 0.6 is 23.1 Å². The third-order valence-corrected chi connectivity index (χ3v) is 5.55. The van der Waals surface area contributed by atoms with Crippen LogP contribution in [0.3, 0.4) is 0 Å². The summed E-state index contributed by atoms with van der Waals surface area (Å²) in [7, 11) is 0. The van der Waals surface area contributed by atoms with Crippen LogP contribution in [0, 0.1) is 21.7 Å². The minimum Gasteiger partial charge on any atom is -0.301 e. The van der Waals surface area contributed by atoms with Crippen molar-refractivity contribution in [2.45, 2.75) is 17.1 Å². The number of thiazole rings is 1. The number of halogens is 2. The SMILES string of the molecule is CC(Sc1ccc([N+](=O)[O-])cc1)C(=O)Nc1nc(-c2ccc(F)c(F)c2)cs1. The lowest BCUT2D eigenvalue weighted by atomic mass is 10.2. The van der Waals surface area contributed by atoms with Gasteiger partial charge in [0.1, 0.15) is 0 Å². The zero-order valence-corrected chi connectivity index (χ0v) is 16.0. The van der Waals surface area contributed by atoms with Gasteiger partial charge in [-0.2, -0.15) is 0 Å². The Labute approximate surface area is 166 Å². The Balaban J connectivity index is 1.63. The van der Waals surface area contributed by atoms with Crippen molar-refractivity contribution < 1.29 is 18.5 Å². The van der Waals surface area contributed by atoms with E-state index in [4.69, 9.17) is 0 Å². The van der Waals surface area contributed by atoms with Crippen molar-refractivity contribution in [2.75, 3.05) is 5.32 Å². The topological polar surface area (TPSA) is 85.1 Å². The number of nitrogens with zero attached hydrogens (tertiary/aromatic N) is 2. The van der Waals surface area contributed by atoms with E-state index in [0.717, 1.165) is 17.0 Å². The molecule has 0 aliphatic rings. The number of aromatic nitrogens is 1. The van der Waals surface area contributed by atoms with Crippen molar-refractivity contribution in [3.05, 3.63) is 69.6 Å². The molecule has 0 saturated carbocycles. The van der Waals surface area contributed by atoms with Crippen molar-refractivity contribution >= 4 is 39.8 Å². The Kier molecular flexibility index (Phi) is 6.00. The molecule has 0 aliphatic heterocycles. The molecule has 1 atom stereocenters. The number of rotatable bonds is 6. The van der Waals surface area contributed by atoms with Crippen LogP contribution < -0.4 is 5.32 Å². The lowest BCUT2D eigenvalue weighted by molar-refractivity contribution is -0.384. The molecule has 1 N–H and O–H groups in total. The Morgan fingerprint density at radius 3 is 2.57 bits per heavy atom. The first-order chi connectivity index (χ1) is 13.3. The molecule has 1 aromatic heterocycles. The van der Waals surface area contributed by atoms with Crippen LogP contribution in [-0.4, -0.2) is 21.1 Å². The molecule has 28 heavy (non-hydrogen) atoms. The highest BCUT2D eigenvalue weighted by Crippen LogP contribution is 2.29. The molecule has 2 aromatic carbocycles. The predicted octanol–water partition coefficient (Wildman–Crippen LogP) is 5.12. The number of carbonyl (C=O) groups is 1. The number of anilines is 1. The van der Waals surface area contributed by atoms with Crippen molar-refractivity contribution in [2.24, 2.45) is 0 Å². The van der Waals surface area contributed by atoms with Gasteiger partial charge in [0.05, 0.1) is 15.9 Å². The summed E-state index contributed by atoms with van der Waals surface area (Å²) in [5.41, 5.74) is 0.813. The van der Waals surface area contributed by atoms with Gasteiger partial charge in [-0.25, -0.2) is 13.8 Å². The first kappa shape index (κ1) is 19.9. The van der Waals surface area contributed by atoms with Crippen LogP contribution in [0.2, 0.25) is 0 Å². The van der Waals surface area contributed by atoms with E-state index in [2.05, 4.69) is 10.3 Å². The Morgan fingerprint density at radius 1 is 1.21 bits per heavy atom. The van der Waals surface area contributed by atoms with Crippen molar-refractivity contribution in [3.8, 4) is 11.3 Å². The van der Waals surface area contributed by atoms with Gasteiger partial charge in [-0.05, 0) is 37.3 Å². The lowest BCUT2D eigenvalue weighted by Gasteiger charge is -2.10. The van der Waals surface area contributed by atoms with Crippen LogP contribution in [0.25, 0.3) is 11.3 Å². The molecule has 0 radical (unpaired) electrons. The molecule has 0 bridgehead atoms. The molecule has 6 nitrogen and oxygen atoms in total. The van der Waals surface area contributed by atoms with E-state index in [0.29, 0.717) is 16.4 Å². The van der Waals surface area contributed by atoms with Crippen molar-refractivity contribution in [3.63, 3.8) is 0 Å². The van der Waals surface area contributed by atoms with E-state index in [9.17, 15) is 23.7 Å². The number of benzene rings is 2. The van der Waals surface area contributed by atoms with Crippen molar-refractivity contribution in [1.29, 1.82) is 0 Å². The second kappa shape index (κ2) is 8.44. The number of carbonyl (C=O) groups excluding carboxylic acids is 1. The summed E-state index contributed by atoms with van der Waals surface area (Å²) in [6, 6.07) is 9.39. The van der Waals surface area contributed by atoms with E-state index in [1.54, 1.807) is 24.4 Å². The fraction of sp³-hybridized carbons (Fsp3) is 0.111. The molecule has 3 rings (SSSR count). The van der Waals surface area contributed by atoms with Crippen LogP contribution in [0.1, 0.15) is 6.92 Å². The summed E-state index contributed by atoms with van der Waals surface area (Å²) in [6.07, 6.45) is 0. The molecule has 1 heterocycles. The second-order valence-corrected chi connectivity index (χ2v) is 7.94. The molecule has 0 spiro atoms. The molecule has 0 saturated heterocycles. The first-order valence-electron chi connectivity index (χ1n) is 7.96. The zero-order valence-electron chi connectivity index (χ0n) is 14.4. The van der Waals surface area contributed by atoms with E-state index in [-0.39, 0.29) is 11.6 Å². The normalized spacial score (nSPS) is 11.8. The number of thioether (sulfide) groups is 1. The Morgan fingerprint density at radius 2 is 1.93 bits per heavy atom. The number of nitrogens with one attached hydrogen (secondary N) is 1. The molecule has 3 aromatic rings. The van der Waals surface area contributed by atoms with E-state index >= 15 is 0 Å². The maximum absolute atomic E-state index is 13.4. The molecule has 1 amide bonds.